The summed E-state index contributed by atoms with van der Waals surface area (Å²) in [6, 6.07) is -0.616. The first-order valence-electron chi connectivity index (χ1n) is 7.21. The van der Waals surface area contributed by atoms with Gasteiger partial charge in [0.25, 0.3) is 0 Å². The standard InChI is InChI=1S/C14H23N5O2/c1-9(13(20)18(3)4)16-14(21)17-12-7-15-19(8-12)10(2)11-5-6-11/h7-11H,5-6H2,1-4H3,(H2,16,17,21)/t9-,10-/m0/s1. The van der Waals surface area contributed by atoms with Gasteiger partial charge in [0.05, 0.1) is 17.9 Å². The van der Waals surface area contributed by atoms with Crippen LogP contribution in [0.5, 0.6) is 0 Å². The second kappa shape index (κ2) is 6.15. The molecule has 0 radical (unpaired) electrons. The van der Waals surface area contributed by atoms with Crippen molar-refractivity contribution in [2.75, 3.05) is 19.4 Å². The molecule has 1 heterocycles. The molecule has 1 aromatic rings. The Bertz CT molecular complexity index is 521. The van der Waals surface area contributed by atoms with Gasteiger partial charge >= 0.3 is 6.03 Å². The van der Waals surface area contributed by atoms with Gasteiger partial charge in [-0.05, 0) is 32.6 Å². The average molecular weight is 293 g/mol. The third-order valence-electron chi connectivity index (χ3n) is 3.74. The molecule has 2 N–H and O–H groups in total. The summed E-state index contributed by atoms with van der Waals surface area (Å²) < 4.78 is 1.88. The molecule has 1 aromatic heterocycles. The molecule has 7 heteroatoms. The lowest BCUT2D eigenvalue weighted by Gasteiger charge is -2.17. The maximum absolute atomic E-state index is 11.8. The topological polar surface area (TPSA) is 79.3 Å². The van der Waals surface area contributed by atoms with Crippen molar-refractivity contribution < 1.29 is 9.59 Å². The van der Waals surface area contributed by atoms with Crippen molar-refractivity contribution in [2.24, 2.45) is 5.92 Å². The summed E-state index contributed by atoms with van der Waals surface area (Å²) in [5.41, 5.74) is 0.629. The molecular formula is C14H23N5O2. The van der Waals surface area contributed by atoms with E-state index in [4.69, 9.17) is 0 Å². The monoisotopic (exact) mass is 293 g/mol. The van der Waals surface area contributed by atoms with Gasteiger partial charge in [0, 0.05) is 20.3 Å². The average Bonchev–Trinajstić information content (AvgIpc) is 3.17. The highest BCUT2D eigenvalue weighted by Gasteiger charge is 2.29. The fourth-order valence-corrected chi connectivity index (χ4v) is 2.23. The summed E-state index contributed by atoms with van der Waals surface area (Å²) in [6.45, 7) is 3.78. The van der Waals surface area contributed by atoms with Gasteiger partial charge in [-0.3, -0.25) is 9.48 Å². The highest BCUT2D eigenvalue weighted by atomic mass is 16.2. The highest BCUT2D eigenvalue weighted by molar-refractivity contribution is 5.93. The molecule has 116 valence electrons. The van der Waals surface area contributed by atoms with Crippen LogP contribution in [0.1, 0.15) is 32.7 Å². The zero-order chi connectivity index (χ0) is 15.6. The Hall–Kier alpha value is -2.05. The van der Waals surface area contributed by atoms with Gasteiger partial charge in [0.1, 0.15) is 6.04 Å². The molecule has 0 aliphatic heterocycles. The maximum Gasteiger partial charge on any atom is 0.319 e. The lowest BCUT2D eigenvalue weighted by molar-refractivity contribution is -0.130. The number of aromatic nitrogens is 2. The number of anilines is 1. The second-order valence-electron chi connectivity index (χ2n) is 5.84. The van der Waals surface area contributed by atoms with Crippen molar-refractivity contribution in [1.82, 2.24) is 20.0 Å². The molecule has 0 aromatic carbocycles. The number of hydrogen-bond acceptors (Lipinski definition) is 3. The molecule has 0 spiro atoms. The van der Waals surface area contributed by atoms with Gasteiger partial charge < -0.3 is 15.5 Å². The SMILES string of the molecule is C[C@H](NC(=O)Nc1cnn([C@@H](C)C2CC2)c1)C(=O)N(C)C. The molecule has 7 nitrogen and oxygen atoms in total. The highest BCUT2D eigenvalue weighted by Crippen LogP contribution is 2.39. The molecule has 21 heavy (non-hydrogen) atoms. The van der Waals surface area contributed by atoms with Crippen molar-refractivity contribution in [3.63, 3.8) is 0 Å². The summed E-state index contributed by atoms with van der Waals surface area (Å²) in [5, 5.41) is 9.57. The summed E-state index contributed by atoms with van der Waals surface area (Å²) in [5.74, 6) is 0.549. The summed E-state index contributed by atoms with van der Waals surface area (Å²) in [7, 11) is 3.31. The van der Waals surface area contributed by atoms with Crippen LogP contribution in [0, 0.1) is 5.92 Å². The van der Waals surface area contributed by atoms with Crippen molar-refractivity contribution in [2.45, 2.75) is 38.8 Å². The number of likely N-dealkylation sites (N-methyl/N-ethyl adjacent to an activating group) is 1. The lowest BCUT2D eigenvalue weighted by Crippen LogP contribution is -2.45. The molecule has 2 atom stereocenters. The van der Waals surface area contributed by atoms with E-state index in [2.05, 4.69) is 22.7 Å². The Morgan fingerprint density at radius 3 is 2.62 bits per heavy atom. The van der Waals surface area contributed by atoms with Crippen molar-refractivity contribution in [3.8, 4) is 0 Å². The number of rotatable bonds is 5. The van der Waals surface area contributed by atoms with Crippen LogP contribution in [0.25, 0.3) is 0 Å². The third kappa shape index (κ3) is 3.96. The normalized spacial score (nSPS) is 17.0. The van der Waals surface area contributed by atoms with Crippen LogP contribution in [0.2, 0.25) is 0 Å². The van der Waals surface area contributed by atoms with Gasteiger partial charge in [-0.15, -0.1) is 0 Å². The molecule has 2 rings (SSSR count). The molecule has 0 bridgehead atoms. The quantitative estimate of drug-likeness (QED) is 0.862. The molecule has 0 saturated heterocycles. The first kappa shape index (κ1) is 15.3. The largest absolute Gasteiger partial charge is 0.347 e. The van der Waals surface area contributed by atoms with E-state index in [0.717, 1.165) is 0 Å². The zero-order valence-electron chi connectivity index (χ0n) is 13.0. The van der Waals surface area contributed by atoms with Crippen LogP contribution < -0.4 is 10.6 Å². The summed E-state index contributed by atoms with van der Waals surface area (Å²) in [6.07, 6.45) is 5.93. The predicted molar refractivity (Wildman–Crippen MR) is 80.0 cm³/mol. The van der Waals surface area contributed by atoms with Gasteiger partial charge in [0.2, 0.25) is 5.91 Å². The summed E-state index contributed by atoms with van der Waals surface area (Å²) >= 11 is 0. The minimum absolute atomic E-state index is 0.150. The van der Waals surface area contributed by atoms with E-state index in [0.29, 0.717) is 17.6 Å². The van der Waals surface area contributed by atoms with Gasteiger partial charge in [-0.1, -0.05) is 0 Å². The minimum atomic E-state index is -0.569. The Morgan fingerprint density at radius 1 is 1.38 bits per heavy atom. The zero-order valence-corrected chi connectivity index (χ0v) is 13.0. The molecule has 1 saturated carbocycles. The van der Waals surface area contributed by atoms with Gasteiger partial charge in [-0.2, -0.15) is 5.10 Å². The van der Waals surface area contributed by atoms with Crippen molar-refractivity contribution in [3.05, 3.63) is 12.4 Å². The Labute approximate surface area is 124 Å². The minimum Gasteiger partial charge on any atom is -0.347 e. The Balaban J connectivity index is 1.86. The van der Waals surface area contributed by atoms with Crippen LogP contribution in [0.15, 0.2) is 12.4 Å². The van der Waals surface area contributed by atoms with Crippen molar-refractivity contribution >= 4 is 17.6 Å². The van der Waals surface area contributed by atoms with E-state index in [9.17, 15) is 9.59 Å². The lowest BCUT2D eigenvalue weighted by atomic mass is 10.2. The Morgan fingerprint density at radius 2 is 2.05 bits per heavy atom. The van der Waals surface area contributed by atoms with Crippen LogP contribution in [-0.4, -0.2) is 46.8 Å². The van der Waals surface area contributed by atoms with Crippen LogP contribution in [-0.2, 0) is 4.79 Å². The van der Waals surface area contributed by atoms with E-state index < -0.39 is 12.1 Å². The smallest absolute Gasteiger partial charge is 0.319 e. The fourth-order valence-electron chi connectivity index (χ4n) is 2.23. The number of carbonyl (C=O) groups is 2. The van der Waals surface area contributed by atoms with Crippen LogP contribution in [0.4, 0.5) is 10.5 Å². The van der Waals surface area contributed by atoms with E-state index >= 15 is 0 Å². The second-order valence-corrected chi connectivity index (χ2v) is 5.84. The number of amides is 3. The number of urea groups is 1. The maximum atomic E-state index is 11.8. The fraction of sp³-hybridized carbons (Fsp3) is 0.643. The van der Waals surface area contributed by atoms with Crippen LogP contribution in [0.3, 0.4) is 0 Å². The van der Waals surface area contributed by atoms with Gasteiger partial charge in [0.15, 0.2) is 0 Å². The van der Waals surface area contributed by atoms with Crippen molar-refractivity contribution in [1.29, 1.82) is 0 Å². The first-order chi connectivity index (χ1) is 9.88. The number of carbonyl (C=O) groups excluding carboxylic acids is 2. The van der Waals surface area contributed by atoms with E-state index in [1.165, 1.54) is 17.7 Å². The van der Waals surface area contributed by atoms with E-state index in [1.807, 2.05) is 10.9 Å². The summed E-state index contributed by atoms with van der Waals surface area (Å²) in [4.78, 5) is 25.0. The molecule has 1 aliphatic carbocycles. The number of hydrogen-bond donors (Lipinski definition) is 2. The molecule has 3 amide bonds. The Kier molecular flexibility index (Phi) is 4.50. The molecular weight excluding hydrogens is 270 g/mol. The number of nitrogens with one attached hydrogen (secondary N) is 2. The predicted octanol–water partition coefficient (Wildman–Crippen LogP) is 1.45. The van der Waals surface area contributed by atoms with Crippen LogP contribution >= 0.6 is 0 Å². The molecule has 1 fully saturated rings. The molecule has 0 unspecified atom stereocenters. The third-order valence-corrected chi connectivity index (χ3v) is 3.74. The number of nitrogens with zero attached hydrogens (tertiary/aromatic N) is 3. The van der Waals surface area contributed by atoms with E-state index in [-0.39, 0.29) is 5.91 Å². The van der Waals surface area contributed by atoms with Gasteiger partial charge in [-0.25, -0.2) is 4.79 Å². The first-order valence-corrected chi connectivity index (χ1v) is 7.21. The molecule has 1 aliphatic rings. The van der Waals surface area contributed by atoms with E-state index in [1.54, 1.807) is 27.2 Å².